The maximum Gasteiger partial charge on any atom is 0.234 e. The van der Waals surface area contributed by atoms with Gasteiger partial charge in [-0.2, -0.15) is 0 Å². The lowest BCUT2D eigenvalue weighted by molar-refractivity contribution is 0.0261. The van der Waals surface area contributed by atoms with E-state index >= 15 is 0 Å². The Balaban J connectivity index is 2.18. The Hall–Kier alpha value is -1.44. The summed E-state index contributed by atoms with van der Waals surface area (Å²) in [5.74, 6) is 0. The molecule has 0 spiro atoms. The summed E-state index contributed by atoms with van der Waals surface area (Å²) in [6, 6.07) is 10.5. The molecule has 1 unspecified atom stereocenters. The van der Waals surface area contributed by atoms with Crippen molar-refractivity contribution in [1.29, 1.82) is 0 Å². The lowest BCUT2D eigenvalue weighted by Crippen LogP contribution is -2.13. The number of isocyanates is 1. The number of hydrogen-bond donors (Lipinski definition) is 0. The second-order valence-corrected chi connectivity index (χ2v) is 8.21. The summed E-state index contributed by atoms with van der Waals surface area (Å²) in [6.45, 7) is 3.62. The van der Waals surface area contributed by atoms with Gasteiger partial charge in [-0.1, -0.05) is 114 Å². The van der Waals surface area contributed by atoms with Crippen LogP contribution in [-0.4, -0.2) is 18.7 Å². The van der Waals surface area contributed by atoms with Gasteiger partial charge < -0.3 is 4.74 Å². The fourth-order valence-corrected chi connectivity index (χ4v) is 3.74. The summed E-state index contributed by atoms with van der Waals surface area (Å²) in [6.07, 6.45) is 21.1. The van der Waals surface area contributed by atoms with Crippen molar-refractivity contribution in [3.8, 4) is 0 Å². The van der Waals surface area contributed by atoms with Crippen LogP contribution in [0.5, 0.6) is 0 Å². The lowest BCUT2D eigenvalue weighted by Gasteiger charge is -2.18. The van der Waals surface area contributed by atoms with Crippen molar-refractivity contribution in [2.75, 3.05) is 6.54 Å². The van der Waals surface area contributed by atoms with Crippen molar-refractivity contribution < 1.29 is 9.53 Å². The van der Waals surface area contributed by atoms with Crippen molar-refractivity contribution in [3.63, 3.8) is 0 Å². The number of aliphatic imine (C=N–C) groups is 1. The van der Waals surface area contributed by atoms with Gasteiger partial charge >= 0.3 is 0 Å². The highest BCUT2D eigenvalue weighted by atomic mass is 16.5. The molecule has 0 aliphatic heterocycles. The molecule has 164 valence electrons. The van der Waals surface area contributed by atoms with Gasteiger partial charge in [0.1, 0.15) is 0 Å². The maximum atomic E-state index is 10.1. The maximum absolute atomic E-state index is 10.1. The van der Waals surface area contributed by atoms with Gasteiger partial charge in [0.25, 0.3) is 0 Å². The monoisotopic (exact) mass is 401 g/mol. The van der Waals surface area contributed by atoms with Gasteiger partial charge in [-0.15, -0.1) is 0 Å². The van der Waals surface area contributed by atoms with E-state index in [-0.39, 0.29) is 0 Å². The van der Waals surface area contributed by atoms with Crippen LogP contribution in [0.1, 0.15) is 109 Å². The third kappa shape index (κ3) is 16.1. The van der Waals surface area contributed by atoms with E-state index in [1.54, 1.807) is 6.08 Å². The van der Waals surface area contributed by atoms with Gasteiger partial charge in [-0.05, 0) is 24.8 Å². The van der Waals surface area contributed by atoms with Crippen LogP contribution in [0.4, 0.5) is 0 Å². The Labute approximate surface area is 179 Å². The molecular formula is C26H43NO2. The van der Waals surface area contributed by atoms with E-state index in [0.717, 1.165) is 25.9 Å². The normalized spacial score (nSPS) is 11.9. The molecule has 0 heterocycles. The van der Waals surface area contributed by atoms with Gasteiger partial charge in [0, 0.05) is 0 Å². The Morgan fingerprint density at radius 3 is 1.93 bits per heavy atom. The zero-order valence-electron chi connectivity index (χ0n) is 18.7. The van der Waals surface area contributed by atoms with Gasteiger partial charge in [0.15, 0.2) is 0 Å². The first-order valence-corrected chi connectivity index (χ1v) is 12.1. The quantitative estimate of drug-likeness (QED) is 0.127. The van der Waals surface area contributed by atoms with Crippen molar-refractivity contribution in [2.45, 2.75) is 116 Å². The third-order valence-corrected chi connectivity index (χ3v) is 5.57. The van der Waals surface area contributed by atoms with Gasteiger partial charge in [0.2, 0.25) is 6.08 Å². The summed E-state index contributed by atoms with van der Waals surface area (Å²) in [5.41, 5.74) is 1.26. The fourth-order valence-electron chi connectivity index (χ4n) is 3.74. The minimum absolute atomic E-state index is 0.368. The standard InChI is InChI=1S/C26H43NO2/c1-2-3-4-5-6-7-8-9-15-20-26(21-16-10-11-17-22-27-24-28)29-23-25-18-13-12-14-19-25/h12-14,18-19,26H,2-11,15-17,20-23H2,1H3. The molecule has 0 saturated heterocycles. The van der Waals surface area contributed by atoms with Crippen LogP contribution in [0.3, 0.4) is 0 Å². The Bertz CT molecular complexity index is 511. The third-order valence-electron chi connectivity index (χ3n) is 5.57. The molecule has 1 aromatic rings. The summed E-state index contributed by atoms with van der Waals surface area (Å²) in [5, 5.41) is 0. The Kier molecular flexibility index (Phi) is 17.5. The fraction of sp³-hybridized carbons (Fsp3) is 0.731. The predicted octanol–water partition coefficient (Wildman–Crippen LogP) is 7.78. The number of benzene rings is 1. The largest absolute Gasteiger partial charge is 0.374 e. The first-order chi connectivity index (χ1) is 14.4. The zero-order chi connectivity index (χ0) is 20.8. The van der Waals surface area contributed by atoms with Gasteiger partial charge in [-0.3, -0.25) is 0 Å². The van der Waals surface area contributed by atoms with E-state index in [9.17, 15) is 4.79 Å². The molecule has 1 rings (SSSR count). The topological polar surface area (TPSA) is 38.7 Å². The van der Waals surface area contributed by atoms with E-state index in [1.165, 1.54) is 82.6 Å². The summed E-state index contributed by atoms with van der Waals surface area (Å²) >= 11 is 0. The molecular weight excluding hydrogens is 358 g/mol. The SMILES string of the molecule is CCCCCCCCCCCC(CCCCCCN=C=O)OCc1ccccc1. The zero-order valence-corrected chi connectivity index (χ0v) is 18.7. The van der Waals surface area contributed by atoms with E-state index in [2.05, 4.69) is 42.2 Å². The number of hydrogen-bond acceptors (Lipinski definition) is 3. The van der Waals surface area contributed by atoms with Crippen LogP contribution in [0.25, 0.3) is 0 Å². The molecule has 0 radical (unpaired) electrons. The predicted molar refractivity (Wildman–Crippen MR) is 123 cm³/mol. The van der Waals surface area contributed by atoms with Crippen molar-refractivity contribution in [3.05, 3.63) is 35.9 Å². The van der Waals surface area contributed by atoms with Gasteiger partial charge in [0.05, 0.1) is 19.3 Å². The summed E-state index contributed by atoms with van der Waals surface area (Å²) < 4.78 is 6.28. The number of unbranched alkanes of at least 4 members (excludes halogenated alkanes) is 11. The molecule has 1 atom stereocenters. The molecule has 0 amide bonds. The molecule has 0 saturated carbocycles. The van der Waals surface area contributed by atoms with E-state index in [0.29, 0.717) is 12.6 Å². The highest BCUT2D eigenvalue weighted by molar-refractivity contribution is 5.32. The van der Waals surface area contributed by atoms with Crippen LogP contribution in [-0.2, 0) is 16.1 Å². The molecule has 0 fully saturated rings. The molecule has 29 heavy (non-hydrogen) atoms. The molecule has 0 aliphatic carbocycles. The highest BCUT2D eigenvalue weighted by Gasteiger charge is 2.09. The summed E-state index contributed by atoms with van der Waals surface area (Å²) in [7, 11) is 0. The highest BCUT2D eigenvalue weighted by Crippen LogP contribution is 2.18. The van der Waals surface area contributed by atoms with Crippen LogP contribution in [0, 0.1) is 0 Å². The molecule has 3 nitrogen and oxygen atoms in total. The molecule has 3 heteroatoms. The average Bonchev–Trinajstić information content (AvgIpc) is 2.75. The molecule has 0 bridgehead atoms. The van der Waals surface area contributed by atoms with E-state index in [1.807, 2.05) is 0 Å². The first kappa shape index (κ1) is 25.6. The molecule has 0 N–H and O–H groups in total. The minimum Gasteiger partial charge on any atom is -0.374 e. The molecule has 0 aromatic heterocycles. The van der Waals surface area contributed by atoms with Crippen LogP contribution < -0.4 is 0 Å². The molecule has 1 aromatic carbocycles. The number of rotatable bonds is 20. The lowest BCUT2D eigenvalue weighted by atomic mass is 10.0. The van der Waals surface area contributed by atoms with E-state index < -0.39 is 0 Å². The Morgan fingerprint density at radius 1 is 0.793 bits per heavy atom. The van der Waals surface area contributed by atoms with Crippen LogP contribution >= 0.6 is 0 Å². The van der Waals surface area contributed by atoms with E-state index in [4.69, 9.17) is 4.74 Å². The van der Waals surface area contributed by atoms with Crippen molar-refractivity contribution in [1.82, 2.24) is 0 Å². The van der Waals surface area contributed by atoms with Crippen LogP contribution in [0.15, 0.2) is 35.3 Å². The second-order valence-electron chi connectivity index (χ2n) is 8.21. The van der Waals surface area contributed by atoms with Gasteiger partial charge in [-0.25, -0.2) is 9.79 Å². The number of nitrogens with zero attached hydrogens (tertiary/aromatic N) is 1. The van der Waals surface area contributed by atoms with Crippen molar-refractivity contribution >= 4 is 6.08 Å². The second kappa shape index (κ2) is 19.9. The number of carbonyl (C=O) groups excluding carboxylic acids is 1. The molecule has 0 aliphatic rings. The first-order valence-electron chi connectivity index (χ1n) is 12.1. The minimum atomic E-state index is 0.368. The summed E-state index contributed by atoms with van der Waals surface area (Å²) in [4.78, 5) is 13.7. The smallest absolute Gasteiger partial charge is 0.234 e. The average molecular weight is 402 g/mol. The number of ether oxygens (including phenoxy) is 1. The van der Waals surface area contributed by atoms with Crippen molar-refractivity contribution in [2.24, 2.45) is 4.99 Å². The Morgan fingerprint density at radius 2 is 1.34 bits per heavy atom. The van der Waals surface area contributed by atoms with Crippen LogP contribution in [0.2, 0.25) is 0 Å².